The van der Waals surface area contributed by atoms with Gasteiger partial charge in [0.15, 0.2) is 0 Å². The van der Waals surface area contributed by atoms with Gasteiger partial charge in [-0.2, -0.15) is 5.26 Å². The molecule has 1 fully saturated rings. The van der Waals surface area contributed by atoms with E-state index in [0.717, 1.165) is 29.8 Å². The zero-order chi connectivity index (χ0) is 12.3. The van der Waals surface area contributed by atoms with Gasteiger partial charge in [-0.15, -0.1) is 0 Å². The molecular formula is C14H19N3. The number of benzene rings is 1. The summed E-state index contributed by atoms with van der Waals surface area (Å²) in [6.45, 7) is 3.77. The zero-order valence-electron chi connectivity index (χ0n) is 10.3. The van der Waals surface area contributed by atoms with Crippen LogP contribution in [0.4, 0.5) is 5.69 Å². The summed E-state index contributed by atoms with van der Waals surface area (Å²) in [5, 5.41) is 9.24. The van der Waals surface area contributed by atoms with E-state index >= 15 is 0 Å². The van der Waals surface area contributed by atoms with Crippen molar-refractivity contribution in [3.8, 4) is 6.07 Å². The first-order chi connectivity index (χ1) is 8.30. The topological polar surface area (TPSA) is 53.0 Å². The van der Waals surface area contributed by atoms with Crippen molar-refractivity contribution in [3.05, 3.63) is 29.3 Å². The molecule has 0 bridgehead atoms. The molecule has 0 aromatic heterocycles. The molecule has 0 radical (unpaired) electrons. The van der Waals surface area contributed by atoms with Gasteiger partial charge in [0, 0.05) is 19.1 Å². The van der Waals surface area contributed by atoms with Gasteiger partial charge in [0.2, 0.25) is 0 Å². The van der Waals surface area contributed by atoms with Crippen LogP contribution in [0.2, 0.25) is 0 Å². The normalized spacial score (nSPS) is 19.4. The first-order valence-corrected chi connectivity index (χ1v) is 6.30. The van der Waals surface area contributed by atoms with Crippen molar-refractivity contribution in [3.63, 3.8) is 0 Å². The Morgan fingerprint density at radius 2 is 2.35 bits per heavy atom. The van der Waals surface area contributed by atoms with E-state index in [9.17, 15) is 5.26 Å². The van der Waals surface area contributed by atoms with Gasteiger partial charge in [-0.1, -0.05) is 13.0 Å². The van der Waals surface area contributed by atoms with Crippen LogP contribution in [0.25, 0.3) is 0 Å². The monoisotopic (exact) mass is 229 g/mol. The van der Waals surface area contributed by atoms with Gasteiger partial charge in [0.05, 0.1) is 11.3 Å². The molecule has 1 atom stereocenters. The van der Waals surface area contributed by atoms with Crippen LogP contribution in [-0.4, -0.2) is 12.6 Å². The smallest absolute Gasteiger partial charge is 0.101 e. The van der Waals surface area contributed by atoms with E-state index in [2.05, 4.69) is 24.0 Å². The van der Waals surface area contributed by atoms with E-state index in [1.54, 1.807) is 0 Å². The molecule has 0 saturated carbocycles. The Kier molecular flexibility index (Phi) is 3.65. The SMILES string of the molecule is CCC1CCCN1c1ccc(CN)cc1C#N. The van der Waals surface area contributed by atoms with Gasteiger partial charge in [0.1, 0.15) is 6.07 Å². The summed E-state index contributed by atoms with van der Waals surface area (Å²) in [7, 11) is 0. The van der Waals surface area contributed by atoms with Crippen LogP contribution in [0.5, 0.6) is 0 Å². The summed E-state index contributed by atoms with van der Waals surface area (Å²) in [5.74, 6) is 0. The van der Waals surface area contributed by atoms with E-state index in [1.165, 1.54) is 12.8 Å². The lowest BCUT2D eigenvalue weighted by molar-refractivity contribution is 0.645. The molecule has 3 heteroatoms. The fraction of sp³-hybridized carbons (Fsp3) is 0.500. The van der Waals surface area contributed by atoms with Crippen molar-refractivity contribution in [1.82, 2.24) is 0 Å². The average molecular weight is 229 g/mol. The lowest BCUT2D eigenvalue weighted by atomic mass is 10.1. The lowest BCUT2D eigenvalue weighted by Crippen LogP contribution is -2.29. The molecule has 0 spiro atoms. The maximum absolute atomic E-state index is 9.24. The molecule has 1 aromatic rings. The van der Waals surface area contributed by atoms with Crippen molar-refractivity contribution in [1.29, 1.82) is 5.26 Å². The number of nitrogens with zero attached hydrogens (tertiary/aromatic N) is 2. The standard InChI is InChI=1S/C14H19N3/c1-2-13-4-3-7-17(13)14-6-5-11(9-15)8-12(14)10-16/h5-6,8,13H,2-4,7,9,15H2,1H3. The Balaban J connectivity index is 2.35. The van der Waals surface area contributed by atoms with Crippen molar-refractivity contribution >= 4 is 5.69 Å². The minimum absolute atomic E-state index is 0.492. The van der Waals surface area contributed by atoms with E-state index in [1.807, 2.05) is 12.1 Å². The van der Waals surface area contributed by atoms with Crippen LogP contribution in [0, 0.1) is 11.3 Å². The van der Waals surface area contributed by atoms with Gasteiger partial charge in [-0.25, -0.2) is 0 Å². The van der Waals surface area contributed by atoms with Crippen molar-refractivity contribution in [2.45, 2.75) is 38.8 Å². The minimum atomic E-state index is 0.492. The molecule has 17 heavy (non-hydrogen) atoms. The van der Waals surface area contributed by atoms with E-state index in [4.69, 9.17) is 5.73 Å². The van der Waals surface area contributed by atoms with Crippen molar-refractivity contribution in [2.24, 2.45) is 5.73 Å². The van der Waals surface area contributed by atoms with Crippen LogP contribution in [0.3, 0.4) is 0 Å². The van der Waals surface area contributed by atoms with Crippen LogP contribution in [-0.2, 0) is 6.54 Å². The average Bonchev–Trinajstić information content (AvgIpc) is 2.85. The third-order valence-corrected chi connectivity index (χ3v) is 3.57. The molecule has 90 valence electrons. The Hall–Kier alpha value is -1.53. The molecular weight excluding hydrogens is 210 g/mol. The number of hydrogen-bond acceptors (Lipinski definition) is 3. The zero-order valence-corrected chi connectivity index (χ0v) is 10.3. The van der Waals surface area contributed by atoms with Gasteiger partial charge in [0.25, 0.3) is 0 Å². The molecule has 1 unspecified atom stereocenters. The van der Waals surface area contributed by atoms with Crippen LogP contribution < -0.4 is 10.6 Å². The second kappa shape index (κ2) is 5.20. The van der Waals surface area contributed by atoms with E-state index < -0.39 is 0 Å². The summed E-state index contributed by atoms with van der Waals surface area (Å²) >= 11 is 0. The molecule has 2 N–H and O–H groups in total. The maximum Gasteiger partial charge on any atom is 0.101 e. The number of nitriles is 1. The molecule has 2 rings (SSSR count). The third kappa shape index (κ3) is 2.27. The van der Waals surface area contributed by atoms with Crippen LogP contribution in [0.1, 0.15) is 37.3 Å². The largest absolute Gasteiger partial charge is 0.367 e. The molecule has 0 amide bonds. The van der Waals surface area contributed by atoms with Gasteiger partial charge < -0.3 is 10.6 Å². The summed E-state index contributed by atoms with van der Waals surface area (Å²) in [6.07, 6.45) is 3.60. The highest BCUT2D eigenvalue weighted by Crippen LogP contribution is 2.30. The predicted octanol–water partition coefficient (Wildman–Crippen LogP) is 2.40. The molecule has 1 aliphatic rings. The first kappa shape index (κ1) is 11.9. The number of anilines is 1. The Morgan fingerprint density at radius 1 is 1.53 bits per heavy atom. The number of nitrogens with two attached hydrogens (primary N) is 1. The fourth-order valence-corrected chi connectivity index (χ4v) is 2.63. The minimum Gasteiger partial charge on any atom is -0.367 e. The highest BCUT2D eigenvalue weighted by Gasteiger charge is 2.24. The van der Waals surface area contributed by atoms with Crippen molar-refractivity contribution in [2.75, 3.05) is 11.4 Å². The highest BCUT2D eigenvalue weighted by atomic mass is 15.2. The molecule has 1 heterocycles. The van der Waals surface area contributed by atoms with Crippen LogP contribution in [0.15, 0.2) is 18.2 Å². The van der Waals surface area contributed by atoms with Gasteiger partial charge in [-0.05, 0) is 37.0 Å². The maximum atomic E-state index is 9.24. The summed E-state index contributed by atoms with van der Waals surface area (Å²) in [6, 6.07) is 8.88. The predicted molar refractivity (Wildman–Crippen MR) is 69.7 cm³/mol. The Bertz CT molecular complexity index is 434. The number of hydrogen-bond donors (Lipinski definition) is 1. The summed E-state index contributed by atoms with van der Waals surface area (Å²) in [4.78, 5) is 2.37. The highest BCUT2D eigenvalue weighted by molar-refractivity contribution is 5.61. The quantitative estimate of drug-likeness (QED) is 0.866. The molecule has 0 aliphatic carbocycles. The second-order valence-electron chi connectivity index (χ2n) is 4.57. The molecule has 1 aliphatic heterocycles. The molecule has 3 nitrogen and oxygen atoms in total. The fourth-order valence-electron chi connectivity index (χ4n) is 2.63. The van der Waals surface area contributed by atoms with Crippen molar-refractivity contribution < 1.29 is 0 Å². The Labute approximate surface area is 103 Å². The van der Waals surface area contributed by atoms with Crippen LogP contribution >= 0.6 is 0 Å². The van der Waals surface area contributed by atoms with E-state index in [-0.39, 0.29) is 0 Å². The summed E-state index contributed by atoms with van der Waals surface area (Å²) < 4.78 is 0. The molecule has 1 aromatic carbocycles. The second-order valence-corrected chi connectivity index (χ2v) is 4.57. The summed E-state index contributed by atoms with van der Waals surface area (Å²) in [5.41, 5.74) is 8.47. The lowest BCUT2D eigenvalue weighted by Gasteiger charge is -2.27. The van der Waals surface area contributed by atoms with Gasteiger partial charge in [-0.3, -0.25) is 0 Å². The third-order valence-electron chi connectivity index (χ3n) is 3.57. The molecule has 1 saturated heterocycles. The Morgan fingerprint density at radius 3 is 3.00 bits per heavy atom. The van der Waals surface area contributed by atoms with Gasteiger partial charge >= 0.3 is 0 Å². The number of rotatable bonds is 3. The first-order valence-electron chi connectivity index (χ1n) is 6.30. The van der Waals surface area contributed by atoms with E-state index in [0.29, 0.717) is 12.6 Å².